The van der Waals surface area contributed by atoms with Crippen molar-refractivity contribution in [2.75, 3.05) is 7.05 Å². The number of hydrogen-bond donors (Lipinski definition) is 1. The summed E-state index contributed by atoms with van der Waals surface area (Å²) in [4.78, 5) is 0.201. The first-order chi connectivity index (χ1) is 12.2. The zero-order valence-electron chi connectivity index (χ0n) is 14.1. The molecule has 0 atom stereocenters. The SMILES string of the molecule is CNS(=O)(=O)c1ccc2cc(OS(=O)(=O)c3ccc(C)cc3)ccc2c1. The molecule has 0 amide bonds. The normalized spacial score (nSPS) is 12.2. The monoisotopic (exact) mass is 391 g/mol. The van der Waals surface area contributed by atoms with Crippen LogP contribution in [0.3, 0.4) is 0 Å². The molecule has 136 valence electrons. The van der Waals surface area contributed by atoms with Crippen LogP contribution < -0.4 is 8.91 Å². The minimum atomic E-state index is -3.94. The average molecular weight is 391 g/mol. The van der Waals surface area contributed by atoms with E-state index in [2.05, 4.69) is 4.72 Å². The molecule has 0 saturated heterocycles. The molecule has 0 fully saturated rings. The van der Waals surface area contributed by atoms with Gasteiger partial charge in [-0.15, -0.1) is 0 Å². The number of hydrogen-bond acceptors (Lipinski definition) is 5. The molecule has 0 spiro atoms. The lowest BCUT2D eigenvalue weighted by molar-refractivity contribution is 0.486. The Morgan fingerprint density at radius 3 is 2.00 bits per heavy atom. The van der Waals surface area contributed by atoms with Crippen molar-refractivity contribution in [3.63, 3.8) is 0 Å². The van der Waals surface area contributed by atoms with E-state index in [1.54, 1.807) is 30.3 Å². The zero-order chi connectivity index (χ0) is 18.9. The Hall–Kier alpha value is -2.42. The molecule has 3 rings (SSSR count). The Morgan fingerprint density at radius 2 is 1.35 bits per heavy atom. The van der Waals surface area contributed by atoms with E-state index in [1.807, 2.05) is 6.92 Å². The Bertz CT molecular complexity index is 1170. The molecule has 0 saturated carbocycles. The highest BCUT2D eigenvalue weighted by Crippen LogP contribution is 2.26. The van der Waals surface area contributed by atoms with Gasteiger partial charge in [0.25, 0.3) is 0 Å². The van der Waals surface area contributed by atoms with Gasteiger partial charge in [-0.3, -0.25) is 0 Å². The molecule has 0 aromatic heterocycles. The van der Waals surface area contributed by atoms with Gasteiger partial charge in [0.15, 0.2) is 0 Å². The maximum Gasteiger partial charge on any atom is 0.339 e. The third kappa shape index (κ3) is 3.72. The minimum Gasteiger partial charge on any atom is -0.379 e. The molecule has 0 aliphatic carbocycles. The lowest BCUT2D eigenvalue weighted by Gasteiger charge is -2.09. The van der Waals surface area contributed by atoms with Crippen LogP contribution in [-0.4, -0.2) is 23.9 Å². The summed E-state index contributed by atoms with van der Waals surface area (Å²) in [5, 5.41) is 1.32. The lowest BCUT2D eigenvalue weighted by Crippen LogP contribution is -2.18. The van der Waals surface area contributed by atoms with Crippen molar-refractivity contribution in [3.8, 4) is 5.75 Å². The predicted molar refractivity (Wildman–Crippen MR) is 99.2 cm³/mol. The molecule has 0 unspecified atom stereocenters. The van der Waals surface area contributed by atoms with Crippen LogP contribution in [0, 0.1) is 6.92 Å². The van der Waals surface area contributed by atoms with Crippen LogP contribution in [0.25, 0.3) is 10.8 Å². The fourth-order valence-corrected chi connectivity index (χ4v) is 4.11. The summed E-state index contributed by atoms with van der Waals surface area (Å²) in [6.45, 7) is 1.86. The Balaban J connectivity index is 1.94. The van der Waals surface area contributed by atoms with Gasteiger partial charge in [0, 0.05) is 0 Å². The van der Waals surface area contributed by atoms with Crippen LogP contribution >= 0.6 is 0 Å². The second-order valence-corrected chi connectivity index (χ2v) is 9.16. The fourth-order valence-electron chi connectivity index (χ4n) is 2.42. The maximum absolute atomic E-state index is 12.4. The van der Waals surface area contributed by atoms with E-state index < -0.39 is 20.1 Å². The molecule has 0 bridgehead atoms. The summed E-state index contributed by atoms with van der Waals surface area (Å²) in [6, 6.07) is 15.6. The van der Waals surface area contributed by atoms with Crippen molar-refractivity contribution < 1.29 is 21.0 Å². The standard InChI is InChI=1S/C18H17NO5S2/c1-13-3-8-17(9-4-13)26(22,23)24-16-7-5-15-12-18(25(20,21)19-2)10-6-14(15)11-16/h3-12,19H,1-2H3. The molecule has 0 radical (unpaired) electrons. The third-order valence-electron chi connectivity index (χ3n) is 3.88. The van der Waals surface area contributed by atoms with Crippen LogP contribution in [0.4, 0.5) is 0 Å². The fraction of sp³-hybridized carbons (Fsp3) is 0.111. The number of nitrogens with one attached hydrogen (secondary N) is 1. The van der Waals surface area contributed by atoms with Gasteiger partial charge in [-0.1, -0.05) is 29.8 Å². The quantitative estimate of drug-likeness (QED) is 0.676. The highest BCUT2D eigenvalue weighted by Gasteiger charge is 2.17. The van der Waals surface area contributed by atoms with E-state index in [-0.39, 0.29) is 15.5 Å². The summed E-state index contributed by atoms with van der Waals surface area (Å²) in [7, 11) is -6.15. The first kappa shape index (κ1) is 18.4. The second kappa shape index (κ2) is 6.71. The number of fused-ring (bicyclic) bond motifs is 1. The second-order valence-electron chi connectivity index (χ2n) is 5.73. The van der Waals surface area contributed by atoms with Crippen molar-refractivity contribution in [2.45, 2.75) is 16.7 Å². The van der Waals surface area contributed by atoms with Gasteiger partial charge in [0.05, 0.1) is 4.90 Å². The molecule has 0 aliphatic rings. The van der Waals surface area contributed by atoms with Gasteiger partial charge < -0.3 is 4.18 Å². The van der Waals surface area contributed by atoms with Gasteiger partial charge in [0.1, 0.15) is 10.6 Å². The topological polar surface area (TPSA) is 89.5 Å². The molecule has 0 aliphatic heterocycles. The van der Waals surface area contributed by atoms with Gasteiger partial charge in [-0.25, -0.2) is 13.1 Å². The van der Waals surface area contributed by atoms with Gasteiger partial charge in [-0.2, -0.15) is 8.42 Å². The van der Waals surface area contributed by atoms with Crippen LogP contribution in [0.15, 0.2) is 70.5 Å². The van der Waals surface area contributed by atoms with E-state index in [0.29, 0.717) is 10.8 Å². The molecule has 6 nitrogen and oxygen atoms in total. The number of benzene rings is 3. The van der Waals surface area contributed by atoms with Gasteiger partial charge in [-0.05, 0) is 61.1 Å². The van der Waals surface area contributed by atoms with Crippen molar-refractivity contribution in [1.29, 1.82) is 0 Å². The zero-order valence-corrected chi connectivity index (χ0v) is 15.8. The lowest BCUT2D eigenvalue weighted by atomic mass is 10.1. The molecule has 3 aromatic rings. The molecule has 8 heteroatoms. The summed E-state index contributed by atoms with van der Waals surface area (Å²) >= 11 is 0. The van der Waals surface area contributed by atoms with Crippen molar-refractivity contribution in [1.82, 2.24) is 4.72 Å². The van der Waals surface area contributed by atoms with E-state index >= 15 is 0 Å². The van der Waals surface area contributed by atoms with Gasteiger partial charge in [0.2, 0.25) is 10.0 Å². The predicted octanol–water partition coefficient (Wildman–Crippen LogP) is 2.82. The number of rotatable bonds is 5. The van der Waals surface area contributed by atoms with Crippen molar-refractivity contribution in [2.24, 2.45) is 0 Å². The molecule has 3 aromatic carbocycles. The van der Waals surface area contributed by atoms with E-state index in [4.69, 9.17) is 4.18 Å². The molecular formula is C18H17NO5S2. The van der Waals surface area contributed by atoms with Crippen molar-refractivity contribution in [3.05, 3.63) is 66.2 Å². The molecule has 26 heavy (non-hydrogen) atoms. The Kier molecular flexibility index (Phi) is 4.74. The van der Waals surface area contributed by atoms with Gasteiger partial charge >= 0.3 is 10.1 Å². The van der Waals surface area contributed by atoms with Crippen LogP contribution in [0.5, 0.6) is 5.75 Å². The summed E-state index contributed by atoms with van der Waals surface area (Å²) in [6.07, 6.45) is 0. The highest BCUT2D eigenvalue weighted by molar-refractivity contribution is 7.89. The Labute approximate surface area is 152 Å². The van der Waals surface area contributed by atoms with E-state index in [9.17, 15) is 16.8 Å². The minimum absolute atomic E-state index is 0.0682. The molecule has 1 N–H and O–H groups in total. The van der Waals surface area contributed by atoms with E-state index in [1.165, 1.54) is 37.4 Å². The third-order valence-corrected chi connectivity index (χ3v) is 6.55. The molecular weight excluding hydrogens is 374 g/mol. The summed E-state index contributed by atoms with van der Waals surface area (Å²) < 4.78 is 55.9. The maximum atomic E-state index is 12.4. The van der Waals surface area contributed by atoms with Crippen LogP contribution in [0.2, 0.25) is 0 Å². The van der Waals surface area contributed by atoms with Crippen LogP contribution in [-0.2, 0) is 20.1 Å². The largest absolute Gasteiger partial charge is 0.379 e. The summed E-state index contributed by atoms with van der Waals surface area (Å²) in [5.74, 6) is 0.155. The Morgan fingerprint density at radius 1 is 0.769 bits per heavy atom. The summed E-state index contributed by atoms with van der Waals surface area (Å²) in [5.41, 5.74) is 0.946. The average Bonchev–Trinajstić information content (AvgIpc) is 2.61. The highest BCUT2D eigenvalue weighted by atomic mass is 32.2. The van der Waals surface area contributed by atoms with Crippen molar-refractivity contribution >= 4 is 30.9 Å². The van der Waals surface area contributed by atoms with E-state index in [0.717, 1.165) is 5.56 Å². The first-order valence-electron chi connectivity index (χ1n) is 7.70. The molecule has 0 heterocycles. The first-order valence-corrected chi connectivity index (χ1v) is 10.6. The number of aryl methyl sites for hydroxylation is 1. The smallest absolute Gasteiger partial charge is 0.339 e. The van der Waals surface area contributed by atoms with Crippen LogP contribution in [0.1, 0.15) is 5.56 Å². The number of sulfonamides is 1.